The molecule has 2 aliphatic heterocycles. The second-order valence-corrected chi connectivity index (χ2v) is 21.7. The third-order valence-corrected chi connectivity index (χ3v) is 17.0. The van der Waals surface area contributed by atoms with E-state index in [1.165, 1.54) is 6.07 Å². The van der Waals surface area contributed by atoms with Crippen molar-refractivity contribution in [2.24, 2.45) is 0 Å². The van der Waals surface area contributed by atoms with Crippen LogP contribution in [0.5, 0.6) is 34.5 Å². The van der Waals surface area contributed by atoms with Crippen molar-refractivity contribution in [2.75, 3.05) is 9.80 Å². The van der Waals surface area contributed by atoms with Gasteiger partial charge in [0.05, 0.1) is 60.6 Å². The quantitative estimate of drug-likeness (QED) is 0.0809. The molecule has 0 saturated carbocycles. The van der Waals surface area contributed by atoms with Crippen LogP contribution in [0.15, 0.2) is 246 Å². The van der Waals surface area contributed by atoms with E-state index in [0.29, 0.717) is 74.0 Å². The summed E-state index contributed by atoms with van der Waals surface area (Å²) in [6, 6.07) is 71.8. The van der Waals surface area contributed by atoms with Crippen molar-refractivity contribution in [3.63, 3.8) is 0 Å². The molecule has 0 fully saturated rings. The zero-order chi connectivity index (χ0) is 56.3. The number of rotatable bonds is 9. The number of benzene rings is 11. The lowest BCUT2D eigenvalue weighted by molar-refractivity contribution is 0.332. The third kappa shape index (κ3) is 7.61. The number of halogens is 5. The molecule has 2 aromatic heterocycles. The molecule has 11 aromatic carbocycles. The first-order chi connectivity index (χ1) is 40.5. The maximum Gasteiger partial charge on any atom is 0.210 e. The first kappa shape index (κ1) is 49.4. The molecule has 4 heterocycles. The van der Waals surface area contributed by atoms with Gasteiger partial charge in [0.2, 0.25) is 44.7 Å². The Morgan fingerprint density at radius 1 is 0.361 bits per heavy atom. The fourth-order valence-electron chi connectivity index (χ4n) is 11.6. The Morgan fingerprint density at radius 2 is 0.795 bits per heavy atom. The second-order valence-electron chi connectivity index (χ2n) is 19.8. The fourth-order valence-corrected chi connectivity index (χ4v) is 13.2. The molecule has 2 aliphatic rings. The van der Waals surface area contributed by atoms with Gasteiger partial charge in [-0.05, 0) is 120 Å². The van der Waals surface area contributed by atoms with Gasteiger partial charge in [-0.25, -0.2) is 21.6 Å². The normalized spacial score (nSPS) is 12.6. The summed E-state index contributed by atoms with van der Waals surface area (Å²) in [6.45, 7) is 0. The predicted octanol–water partition coefficient (Wildman–Crippen LogP) is 18.9. The van der Waals surface area contributed by atoms with Crippen molar-refractivity contribution in [3.8, 4) is 57.0 Å². The molecular weight excluding hydrogens is 1080 g/mol. The van der Waals surface area contributed by atoms with Crippen LogP contribution in [0.1, 0.15) is 0 Å². The smallest absolute Gasteiger partial charge is 0.210 e. The number of ether oxygens (including phenoxy) is 3. The third-order valence-electron chi connectivity index (χ3n) is 15.2. The highest BCUT2D eigenvalue weighted by molar-refractivity contribution is 7.91. The van der Waals surface area contributed by atoms with Crippen LogP contribution in [0.3, 0.4) is 0 Å². The number of hydrogen-bond acceptors (Lipinski definition) is 7. The minimum absolute atomic E-state index is 0.0659. The Morgan fingerprint density at radius 3 is 1.37 bits per heavy atom. The van der Waals surface area contributed by atoms with E-state index in [1.54, 1.807) is 54.6 Å². The lowest BCUT2D eigenvalue weighted by Crippen LogP contribution is -2.20. The highest BCUT2D eigenvalue weighted by Gasteiger charge is 2.36. The van der Waals surface area contributed by atoms with E-state index >= 15 is 17.2 Å². The topological polar surface area (TPSA) is 78.2 Å². The fraction of sp³-hybridized carbons (Fsp3) is 0. The lowest BCUT2D eigenvalue weighted by atomic mass is 10.0. The molecule has 0 unspecified atom stereocenters. The van der Waals surface area contributed by atoms with Crippen LogP contribution in [0.2, 0.25) is 0 Å². The Kier molecular flexibility index (Phi) is 11.3. The summed E-state index contributed by atoms with van der Waals surface area (Å²) in [7, 11) is -4.32. The van der Waals surface area contributed by atoms with Gasteiger partial charge >= 0.3 is 0 Å². The van der Waals surface area contributed by atoms with Crippen molar-refractivity contribution in [1.29, 1.82) is 0 Å². The Balaban J connectivity index is 0.857. The molecular formula is C68H39F5N4O5S. The van der Waals surface area contributed by atoms with Gasteiger partial charge < -0.3 is 24.0 Å². The van der Waals surface area contributed by atoms with Gasteiger partial charge in [0.15, 0.2) is 28.7 Å². The molecule has 15 rings (SSSR count). The zero-order valence-electron chi connectivity index (χ0n) is 43.1. The van der Waals surface area contributed by atoms with E-state index < -0.39 is 44.7 Å². The predicted molar refractivity (Wildman–Crippen MR) is 311 cm³/mol. The first-order valence-corrected chi connectivity index (χ1v) is 27.8. The van der Waals surface area contributed by atoms with Crippen LogP contribution in [-0.4, -0.2) is 17.6 Å². The SMILES string of the molecule is O=S(=O)(c1ccccc1N1c2ccccc2Oc2ccccc21)c1ccccc1N1c2ccccc2Oc2cc(-c3cccc(-n4c5ccccc5c5c6ccccc6n(-c6ccccc6Oc6c(F)c(F)c(F)c(F)c6F)c54)c3)ccc21. The van der Waals surface area contributed by atoms with Gasteiger partial charge in [0.1, 0.15) is 5.65 Å². The van der Waals surface area contributed by atoms with E-state index in [1.807, 2.05) is 190 Å². The van der Waals surface area contributed by atoms with Crippen LogP contribution >= 0.6 is 0 Å². The molecule has 0 saturated heterocycles. The van der Waals surface area contributed by atoms with E-state index in [4.69, 9.17) is 14.2 Å². The summed E-state index contributed by atoms with van der Waals surface area (Å²) in [5.74, 6) is -10.3. The van der Waals surface area contributed by atoms with E-state index in [2.05, 4.69) is 4.57 Å². The van der Waals surface area contributed by atoms with Crippen molar-refractivity contribution >= 4 is 76.8 Å². The Hall–Kier alpha value is -10.6. The number of sulfone groups is 1. The molecule has 15 heteroatoms. The second kappa shape index (κ2) is 19.0. The van der Waals surface area contributed by atoms with Crippen molar-refractivity contribution in [1.82, 2.24) is 9.13 Å². The number of aromatic nitrogens is 2. The average Bonchev–Trinajstić information content (AvgIpc) is 2.32. The number of hydrogen-bond donors (Lipinski definition) is 0. The van der Waals surface area contributed by atoms with Gasteiger partial charge in [0.25, 0.3) is 0 Å². The first-order valence-electron chi connectivity index (χ1n) is 26.3. The summed E-state index contributed by atoms with van der Waals surface area (Å²) < 4.78 is 128. The Labute approximate surface area is 470 Å². The van der Waals surface area contributed by atoms with E-state index in [0.717, 1.165) is 32.8 Å². The lowest BCUT2D eigenvalue weighted by Gasteiger charge is -2.35. The average molecular weight is 1120 g/mol. The van der Waals surface area contributed by atoms with Crippen LogP contribution < -0.4 is 24.0 Å². The molecule has 83 heavy (non-hydrogen) atoms. The molecule has 0 radical (unpaired) electrons. The zero-order valence-corrected chi connectivity index (χ0v) is 44.0. The monoisotopic (exact) mass is 1120 g/mol. The minimum Gasteiger partial charge on any atom is -0.453 e. The maximum absolute atomic E-state index is 15.7. The van der Waals surface area contributed by atoms with Crippen LogP contribution in [0.4, 0.5) is 56.1 Å². The largest absolute Gasteiger partial charge is 0.453 e. The minimum atomic E-state index is -4.32. The van der Waals surface area contributed by atoms with Gasteiger partial charge in [0, 0.05) is 21.8 Å². The highest BCUT2D eigenvalue weighted by Crippen LogP contribution is 2.56. The Bertz CT molecular complexity index is 4910. The number of anilines is 6. The maximum atomic E-state index is 15.7. The standard InChI is InChI=1S/C68H39F5N4O5S/c69-62-63(70)65(72)67(66(73)64(62)71)82-57-33-14-8-27-50(57)77-46-23-4-2-21-44(46)61-43-20-1-3-22-45(43)74(68(61)77)42-19-17-18-40(38-42)41-36-37-51-58(39-41)81-56-32-13-7-26-49(56)76(51)53-29-10-16-35-60(53)83(78,79)59-34-15-9-28-52(59)75-47-24-5-11-30-54(47)80-55-31-12-6-25-48(55)75/h1-39H. The number of nitrogens with zero attached hydrogens (tertiary/aromatic N) is 4. The van der Waals surface area contributed by atoms with Crippen LogP contribution in [-0.2, 0) is 9.84 Å². The van der Waals surface area contributed by atoms with Gasteiger partial charge in [-0.15, -0.1) is 0 Å². The van der Waals surface area contributed by atoms with Gasteiger partial charge in [-0.3, -0.25) is 9.13 Å². The molecule has 402 valence electrons. The number of para-hydroxylation sites is 12. The summed E-state index contributed by atoms with van der Waals surface area (Å²) in [6.07, 6.45) is 0. The van der Waals surface area contributed by atoms with E-state index in [-0.39, 0.29) is 21.2 Å². The van der Waals surface area contributed by atoms with Gasteiger partial charge in [-0.2, -0.15) is 8.78 Å². The molecule has 9 nitrogen and oxygen atoms in total. The molecule has 0 aliphatic carbocycles. The summed E-state index contributed by atoms with van der Waals surface area (Å²) in [5, 5.41) is 2.53. The van der Waals surface area contributed by atoms with E-state index in [9.17, 15) is 13.2 Å². The van der Waals surface area contributed by atoms with Crippen molar-refractivity contribution in [3.05, 3.63) is 266 Å². The molecule has 0 amide bonds. The molecule has 0 spiro atoms. The van der Waals surface area contributed by atoms with Crippen LogP contribution in [0.25, 0.3) is 55.3 Å². The van der Waals surface area contributed by atoms with Crippen molar-refractivity contribution in [2.45, 2.75) is 9.79 Å². The summed E-state index contributed by atoms with van der Waals surface area (Å²) in [4.78, 5) is 3.99. The molecule has 13 aromatic rings. The van der Waals surface area contributed by atoms with Crippen LogP contribution in [0, 0.1) is 29.1 Å². The molecule has 0 N–H and O–H groups in total. The van der Waals surface area contributed by atoms with Crippen molar-refractivity contribution < 1.29 is 44.6 Å². The molecule has 0 bridgehead atoms. The highest BCUT2D eigenvalue weighted by atomic mass is 32.2. The summed E-state index contributed by atoms with van der Waals surface area (Å²) >= 11 is 0. The van der Waals surface area contributed by atoms with Gasteiger partial charge in [-0.1, -0.05) is 127 Å². The number of fused-ring (bicyclic) bond motifs is 9. The molecule has 0 atom stereocenters. The summed E-state index contributed by atoms with van der Waals surface area (Å²) in [5.41, 5.74) is 8.05.